The molecule has 0 saturated carbocycles. The number of nitro groups is 1. The van der Waals surface area contributed by atoms with Crippen molar-refractivity contribution in [2.75, 3.05) is 24.2 Å². The largest absolute Gasteiger partial charge is 0.383 e. The molecule has 136 valence electrons. The number of nitrogens with one attached hydrogen (secondary N) is 3. The topological polar surface area (TPSA) is 113 Å². The average Bonchev–Trinajstić information content (AvgIpc) is 2.61. The van der Waals surface area contributed by atoms with Crippen LogP contribution in [0.5, 0.6) is 0 Å². The maximum atomic E-state index is 12.1. The molecule has 0 aliphatic carbocycles. The summed E-state index contributed by atoms with van der Waals surface area (Å²) in [5.74, 6) is -0.969. The number of hydrogen-bond acceptors (Lipinski definition) is 5. The van der Waals surface area contributed by atoms with Crippen LogP contribution in [0.25, 0.3) is 0 Å². The second-order valence-electron chi connectivity index (χ2n) is 5.43. The minimum absolute atomic E-state index is 0.100. The zero-order chi connectivity index (χ0) is 19.3. The number of hydrogen-bond donors (Lipinski definition) is 3. The Morgan fingerprint density at radius 1 is 1.15 bits per heavy atom. The van der Waals surface area contributed by atoms with Gasteiger partial charge in [-0.3, -0.25) is 19.7 Å². The van der Waals surface area contributed by atoms with Crippen LogP contribution in [0.15, 0.2) is 40.9 Å². The Balaban J connectivity index is 2.00. The van der Waals surface area contributed by atoms with Crippen LogP contribution in [0, 0.1) is 17.0 Å². The predicted molar refractivity (Wildman–Crippen MR) is 102 cm³/mol. The molecule has 2 aromatic rings. The van der Waals surface area contributed by atoms with Crippen LogP contribution in [-0.2, 0) is 4.79 Å². The van der Waals surface area contributed by atoms with Gasteiger partial charge in [-0.1, -0.05) is 15.9 Å². The second-order valence-corrected chi connectivity index (χ2v) is 6.34. The van der Waals surface area contributed by atoms with Gasteiger partial charge in [-0.05, 0) is 42.8 Å². The van der Waals surface area contributed by atoms with Crippen LogP contribution in [0.3, 0.4) is 0 Å². The fourth-order valence-electron chi connectivity index (χ4n) is 2.26. The Morgan fingerprint density at radius 3 is 2.46 bits per heavy atom. The first-order valence-electron chi connectivity index (χ1n) is 7.62. The van der Waals surface area contributed by atoms with E-state index in [1.54, 1.807) is 19.2 Å². The highest BCUT2D eigenvalue weighted by atomic mass is 79.9. The van der Waals surface area contributed by atoms with Gasteiger partial charge in [0.25, 0.3) is 11.6 Å². The van der Waals surface area contributed by atoms with Crippen molar-refractivity contribution in [1.29, 1.82) is 0 Å². The Kier molecular flexibility index (Phi) is 6.29. The number of amides is 2. The molecule has 0 unspecified atom stereocenters. The molecule has 0 heterocycles. The molecule has 0 bridgehead atoms. The summed E-state index contributed by atoms with van der Waals surface area (Å²) in [5, 5.41) is 18.9. The molecule has 26 heavy (non-hydrogen) atoms. The number of rotatable bonds is 6. The number of anilines is 2. The standard InChI is InChI=1S/C17H17BrN4O4/c1-10-7-12(18)4-6-13(10)21-16(23)9-20-17(24)11-3-5-14(19-2)15(8-11)22(25)26/h3-8,19H,9H2,1-2H3,(H,20,24)(H,21,23). The Hall–Kier alpha value is -2.94. The SMILES string of the molecule is CNc1ccc(C(=O)NCC(=O)Nc2ccc(Br)cc2C)cc1[N+](=O)[O-]. The Labute approximate surface area is 158 Å². The number of nitrogens with zero attached hydrogens (tertiary/aromatic N) is 1. The molecule has 0 aliphatic heterocycles. The van der Waals surface area contributed by atoms with Gasteiger partial charge in [0.05, 0.1) is 11.5 Å². The van der Waals surface area contributed by atoms with E-state index in [4.69, 9.17) is 0 Å². The quantitative estimate of drug-likeness (QED) is 0.490. The van der Waals surface area contributed by atoms with E-state index in [2.05, 4.69) is 31.9 Å². The molecule has 2 rings (SSSR count). The van der Waals surface area contributed by atoms with Crippen molar-refractivity contribution in [3.05, 3.63) is 62.1 Å². The molecule has 0 saturated heterocycles. The van der Waals surface area contributed by atoms with E-state index >= 15 is 0 Å². The first-order valence-corrected chi connectivity index (χ1v) is 8.41. The summed E-state index contributed by atoms with van der Waals surface area (Å²) in [5.41, 5.74) is 1.70. The first kappa shape index (κ1) is 19.4. The summed E-state index contributed by atoms with van der Waals surface area (Å²) in [6.07, 6.45) is 0. The maximum Gasteiger partial charge on any atom is 0.293 e. The van der Waals surface area contributed by atoms with Gasteiger partial charge in [0.1, 0.15) is 5.69 Å². The van der Waals surface area contributed by atoms with Crippen LogP contribution < -0.4 is 16.0 Å². The van der Waals surface area contributed by atoms with Gasteiger partial charge >= 0.3 is 0 Å². The van der Waals surface area contributed by atoms with Crippen molar-refractivity contribution >= 4 is 44.8 Å². The summed E-state index contributed by atoms with van der Waals surface area (Å²) < 4.78 is 0.896. The fourth-order valence-corrected chi connectivity index (χ4v) is 2.74. The Bertz CT molecular complexity index is 870. The van der Waals surface area contributed by atoms with Crippen LogP contribution in [0.1, 0.15) is 15.9 Å². The molecule has 0 fully saturated rings. The zero-order valence-corrected chi connectivity index (χ0v) is 15.7. The number of carbonyl (C=O) groups excluding carboxylic acids is 2. The molecule has 3 N–H and O–H groups in total. The number of nitro benzene ring substituents is 1. The summed E-state index contributed by atoms with van der Waals surface area (Å²) >= 11 is 3.34. The van der Waals surface area contributed by atoms with Gasteiger partial charge < -0.3 is 16.0 Å². The summed E-state index contributed by atoms with van der Waals surface area (Å²) in [6.45, 7) is 1.59. The number of carbonyl (C=O) groups is 2. The van der Waals surface area contributed by atoms with Crippen molar-refractivity contribution in [3.63, 3.8) is 0 Å². The van der Waals surface area contributed by atoms with Crippen LogP contribution in [0.2, 0.25) is 0 Å². The lowest BCUT2D eigenvalue weighted by molar-refractivity contribution is -0.384. The van der Waals surface area contributed by atoms with E-state index in [9.17, 15) is 19.7 Å². The van der Waals surface area contributed by atoms with Crippen LogP contribution >= 0.6 is 15.9 Å². The normalized spacial score (nSPS) is 10.1. The molecule has 0 aromatic heterocycles. The molecule has 2 amide bonds. The van der Waals surface area contributed by atoms with Gasteiger partial charge in [0.2, 0.25) is 5.91 Å². The molecule has 0 atom stereocenters. The summed E-state index contributed by atoms with van der Waals surface area (Å²) in [4.78, 5) is 34.6. The molecule has 0 aliphatic rings. The summed E-state index contributed by atoms with van der Waals surface area (Å²) in [6, 6.07) is 9.46. The maximum absolute atomic E-state index is 12.1. The monoisotopic (exact) mass is 420 g/mol. The third kappa shape index (κ3) is 4.79. The van der Waals surface area contributed by atoms with E-state index in [-0.39, 0.29) is 17.8 Å². The van der Waals surface area contributed by atoms with E-state index < -0.39 is 16.7 Å². The van der Waals surface area contributed by atoms with E-state index in [0.717, 1.165) is 16.1 Å². The van der Waals surface area contributed by atoms with E-state index in [1.807, 2.05) is 13.0 Å². The number of halogens is 1. The van der Waals surface area contributed by atoms with Crippen LogP contribution in [0.4, 0.5) is 17.1 Å². The minimum Gasteiger partial charge on any atom is -0.383 e. The third-order valence-electron chi connectivity index (χ3n) is 3.60. The summed E-state index contributed by atoms with van der Waals surface area (Å²) in [7, 11) is 1.55. The molecule has 9 heteroatoms. The average molecular weight is 421 g/mol. The minimum atomic E-state index is -0.578. The van der Waals surface area contributed by atoms with Crippen molar-refractivity contribution < 1.29 is 14.5 Å². The lowest BCUT2D eigenvalue weighted by Gasteiger charge is -2.10. The second kappa shape index (κ2) is 8.43. The van der Waals surface area contributed by atoms with E-state index in [0.29, 0.717) is 11.4 Å². The van der Waals surface area contributed by atoms with E-state index in [1.165, 1.54) is 12.1 Å². The molecule has 0 spiro atoms. The fraction of sp³-hybridized carbons (Fsp3) is 0.176. The predicted octanol–water partition coefficient (Wildman–Crippen LogP) is 3.08. The number of benzene rings is 2. The number of aryl methyl sites for hydroxylation is 1. The molecule has 2 aromatic carbocycles. The van der Waals surface area contributed by atoms with Crippen LogP contribution in [-0.4, -0.2) is 30.3 Å². The smallest absolute Gasteiger partial charge is 0.293 e. The highest BCUT2D eigenvalue weighted by molar-refractivity contribution is 9.10. The molecular formula is C17H17BrN4O4. The molecule has 0 radical (unpaired) electrons. The Morgan fingerprint density at radius 2 is 1.85 bits per heavy atom. The van der Waals surface area contributed by atoms with Gasteiger partial charge in [-0.15, -0.1) is 0 Å². The van der Waals surface area contributed by atoms with Crippen molar-refractivity contribution in [1.82, 2.24) is 5.32 Å². The highest BCUT2D eigenvalue weighted by Crippen LogP contribution is 2.25. The van der Waals surface area contributed by atoms with Gasteiger partial charge in [-0.25, -0.2) is 0 Å². The van der Waals surface area contributed by atoms with Crippen molar-refractivity contribution in [2.45, 2.75) is 6.92 Å². The first-order chi connectivity index (χ1) is 12.3. The van der Waals surface area contributed by atoms with Crippen molar-refractivity contribution in [2.24, 2.45) is 0 Å². The zero-order valence-electron chi connectivity index (χ0n) is 14.1. The highest BCUT2D eigenvalue weighted by Gasteiger charge is 2.17. The third-order valence-corrected chi connectivity index (χ3v) is 4.09. The lowest BCUT2D eigenvalue weighted by atomic mass is 10.1. The van der Waals surface area contributed by atoms with Gasteiger partial charge in [-0.2, -0.15) is 0 Å². The molecule has 8 nitrogen and oxygen atoms in total. The van der Waals surface area contributed by atoms with Gasteiger partial charge in [0, 0.05) is 28.8 Å². The lowest BCUT2D eigenvalue weighted by Crippen LogP contribution is -2.33. The van der Waals surface area contributed by atoms with Crippen molar-refractivity contribution in [3.8, 4) is 0 Å². The van der Waals surface area contributed by atoms with Gasteiger partial charge in [0.15, 0.2) is 0 Å². The molecular weight excluding hydrogens is 404 g/mol.